The Morgan fingerprint density at radius 3 is 2.54 bits per heavy atom. The first kappa shape index (κ1) is 26.2. The van der Waals surface area contributed by atoms with Crippen LogP contribution in [0.2, 0.25) is 18.1 Å². The molecule has 0 radical (unpaired) electrons. The predicted molar refractivity (Wildman–Crippen MR) is 149 cm³/mol. The number of aromatic nitrogens is 2. The highest BCUT2D eigenvalue weighted by Crippen LogP contribution is 2.46. The minimum absolute atomic E-state index is 0.0189. The monoisotopic (exact) mass is 549 g/mol. The van der Waals surface area contributed by atoms with Crippen LogP contribution in [0.5, 0.6) is 5.75 Å². The maximum atomic E-state index is 14.1. The van der Waals surface area contributed by atoms with E-state index in [1.165, 1.54) is 10.1 Å². The molecule has 206 valence electrons. The van der Waals surface area contributed by atoms with Crippen molar-refractivity contribution in [3.8, 4) is 17.1 Å². The zero-order valence-corrected chi connectivity index (χ0v) is 24.5. The minimum atomic E-state index is -2.20. The number of carbonyl (C=O) groups excluding carboxylic acids is 1. The van der Waals surface area contributed by atoms with Gasteiger partial charge in [-0.15, -0.1) is 0 Å². The SMILES string of the molecule is CC[C@@]12O[C@](O)(CN(C)C1=O)OCc1c2cc2n(c1=O)Cc1c-2nc2ccc(O)cc2c1[Si](C)(C)C(C)(C)C. The highest BCUT2D eigenvalue weighted by molar-refractivity contribution is 6.94. The number of hydrogen-bond donors (Lipinski definition) is 2. The fraction of sp³-hybridized carbons (Fsp3) is 0.483. The molecule has 1 aromatic carbocycles. The van der Waals surface area contributed by atoms with E-state index in [-0.39, 0.29) is 41.8 Å². The van der Waals surface area contributed by atoms with Crippen LogP contribution in [0.15, 0.2) is 29.1 Å². The lowest BCUT2D eigenvalue weighted by molar-refractivity contribution is -0.406. The largest absolute Gasteiger partial charge is 0.508 e. The lowest BCUT2D eigenvalue weighted by Crippen LogP contribution is -2.62. The third-order valence-corrected chi connectivity index (χ3v) is 14.9. The molecule has 1 amide bonds. The third-order valence-electron chi connectivity index (χ3n) is 9.37. The zero-order valence-electron chi connectivity index (χ0n) is 23.5. The Morgan fingerprint density at radius 1 is 1.15 bits per heavy atom. The van der Waals surface area contributed by atoms with Crippen molar-refractivity contribution in [1.29, 1.82) is 0 Å². The number of β-amino-alcohol motifs (C(OH)–C–C–N with tert-alkyl or cyclic N) is 1. The van der Waals surface area contributed by atoms with Gasteiger partial charge in [-0.05, 0) is 46.5 Å². The first-order valence-corrected chi connectivity index (χ1v) is 16.4. The highest BCUT2D eigenvalue weighted by atomic mass is 28.3. The van der Waals surface area contributed by atoms with Crippen LogP contribution in [0.3, 0.4) is 0 Å². The van der Waals surface area contributed by atoms with E-state index in [9.17, 15) is 19.8 Å². The second kappa shape index (κ2) is 8.00. The predicted octanol–water partition coefficient (Wildman–Crippen LogP) is 3.12. The summed E-state index contributed by atoms with van der Waals surface area (Å²) in [6.45, 7) is 13.2. The number of aromatic hydroxyl groups is 1. The minimum Gasteiger partial charge on any atom is -0.508 e. The van der Waals surface area contributed by atoms with E-state index in [4.69, 9.17) is 14.5 Å². The number of amides is 1. The average molecular weight is 550 g/mol. The molecule has 0 aliphatic carbocycles. The fourth-order valence-electron chi connectivity index (χ4n) is 6.32. The summed E-state index contributed by atoms with van der Waals surface area (Å²) < 4.78 is 13.5. The first-order valence-electron chi connectivity index (χ1n) is 13.4. The van der Waals surface area contributed by atoms with E-state index in [2.05, 4.69) is 33.9 Å². The number of carbonyl (C=O) groups is 1. The van der Waals surface area contributed by atoms with Crippen molar-refractivity contribution in [2.24, 2.45) is 0 Å². The maximum absolute atomic E-state index is 14.1. The van der Waals surface area contributed by atoms with Crippen molar-refractivity contribution in [2.45, 2.75) is 77.0 Å². The molecular weight excluding hydrogens is 514 g/mol. The molecule has 0 unspecified atom stereocenters. The summed E-state index contributed by atoms with van der Waals surface area (Å²) in [5.41, 5.74) is 1.94. The summed E-state index contributed by atoms with van der Waals surface area (Å²) in [7, 11) is -0.607. The summed E-state index contributed by atoms with van der Waals surface area (Å²) in [6.07, 6.45) is 0.213. The molecule has 2 bridgehead atoms. The van der Waals surface area contributed by atoms with E-state index in [1.807, 2.05) is 12.1 Å². The average Bonchev–Trinajstić information content (AvgIpc) is 3.16. The summed E-state index contributed by atoms with van der Waals surface area (Å²) in [4.78, 5) is 34.1. The van der Waals surface area contributed by atoms with Crippen molar-refractivity contribution in [2.75, 3.05) is 13.6 Å². The number of likely N-dealkylation sites (N-methyl/N-ethyl adjacent to an activating group) is 1. The van der Waals surface area contributed by atoms with Gasteiger partial charge >= 0.3 is 5.97 Å². The van der Waals surface area contributed by atoms with Crippen LogP contribution in [0, 0.1) is 0 Å². The number of hydrogen-bond acceptors (Lipinski definition) is 7. The normalized spacial score (nSPS) is 24.4. The van der Waals surface area contributed by atoms with E-state index in [0.717, 1.165) is 16.5 Å². The Balaban J connectivity index is 1.68. The molecule has 5 heterocycles. The Morgan fingerprint density at radius 2 is 1.87 bits per heavy atom. The molecule has 0 saturated carbocycles. The van der Waals surface area contributed by atoms with Crippen LogP contribution < -0.4 is 10.7 Å². The van der Waals surface area contributed by atoms with E-state index >= 15 is 0 Å². The first-order chi connectivity index (χ1) is 18.1. The Bertz CT molecular complexity index is 1640. The Labute approximate surface area is 228 Å². The molecule has 2 N–H and O–H groups in total. The lowest BCUT2D eigenvalue weighted by Gasteiger charge is -2.45. The van der Waals surface area contributed by atoms with Crippen molar-refractivity contribution in [3.63, 3.8) is 0 Å². The number of aliphatic hydroxyl groups is 1. The van der Waals surface area contributed by atoms with Gasteiger partial charge in [0.2, 0.25) is 0 Å². The van der Waals surface area contributed by atoms with Gasteiger partial charge in [0, 0.05) is 18.0 Å². The number of pyridine rings is 2. The topological polar surface area (TPSA) is 114 Å². The number of phenolic OH excluding ortho intramolecular Hbond substituents is 1. The van der Waals surface area contributed by atoms with Crippen LogP contribution in [0.1, 0.15) is 50.8 Å². The molecule has 2 aromatic heterocycles. The Kier molecular flexibility index (Phi) is 5.37. The van der Waals surface area contributed by atoms with Crippen LogP contribution in [0.25, 0.3) is 22.3 Å². The number of ether oxygens (including phenoxy) is 2. The third kappa shape index (κ3) is 3.44. The molecule has 6 rings (SSSR count). The quantitative estimate of drug-likeness (QED) is 0.369. The van der Waals surface area contributed by atoms with E-state index in [0.29, 0.717) is 29.1 Å². The molecule has 2 atom stereocenters. The summed E-state index contributed by atoms with van der Waals surface area (Å²) in [5, 5.41) is 23.5. The molecule has 3 aliphatic heterocycles. The number of benzene rings is 1. The lowest BCUT2D eigenvalue weighted by atomic mass is 9.85. The molecule has 9 nitrogen and oxygen atoms in total. The van der Waals surface area contributed by atoms with Gasteiger partial charge in [0.1, 0.15) is 12.3 Å². The molecule has 3 aliphatic rings. The molecule has 39 heavy (non-hydrogen) atoms. The van der Waals surface area contributed by atoms with E-state index < -0.39 is 19.6 Å². The highest BCUT2D eigenvalue weighted by Gasteiger charge is 2.57. The van der Waals surface area contributed by atoms with Crippen LogP contribution >= 0.6 is 0 Å². The molecule has 1 saturated heterocycles. The summed E-state index contributed by atoms with van der Waals surface area (Å²) in [6, 6.07) is 7.07. The Hall–Kier alpha value is -3.05. The van der Waals surface area contributed by atoms with Crippen molar-refractivity contribution in [3.05, 3.63) is 51.3 Å². The number of fused-ring (bicyclic) bond motifs is 8. The number of rotatable bonds is 2. The molecule has 10 heteroatoms. The van der Waals surface area contributed by atoms with Crippen LogP contribution in [-0.2, 0) is 33.0 Å². The number of morpholine rings is 1. The second-order valence-corrected chi connectivity index (χ2v) is 17.9. The zero-order chi connectivity index (χ0) is 28.3. The number of phenols is 1. The van der Waals surface area contributed by atoms with Crippen LogP contribution in [-0.4, -0.2) is 58.2 Å². The van der Waals surface area contributed by atoms with Crippen LogP contribution in [0.4, 0.5) is 0 Å². The molecule has 3 aromatic rings. The van der Waals surface area contributed by atoms with Crippen molar-refractivity contribution >= 4 is 30.1 Å². The van der Waals surface area contributed by atoms with Gasteiger partial charge in [-0.25, -0.2) is 4.98 Å². The smallest absolute Gasteiger partial charge is 0.300 e. The molecular formula is C29H35N3O6Si. The van der Waals surface area contributed by atoms with Gasteiger partial charge in [-0.2, -0.15) is 0 Å². The van der Waals surface area contributed by atoms with Crippen molar-refractivity contribution in [1.82, 2.24) is 14.5 Å². The standard InChI is InChI=1S/C29H35N3O6Si/c1-8-28-20-12-22-23-18(24(39(6,7)27(2,3)4)17-11-16(33)9-10-21(17)30-23)13-32(22)25(34)19(20)14-37-29(36,38-28)15-31(5)26(28)35/h9-12,33,36H,8,13-15H2,1-7H3/t28-,29-/m0/s1. The van der Waals surface area contributed by atoms with Crippen molar-refractivity contribution < 1.29 is 24.5 Å². The summed E-state index contributed by atoms with van der Waals surface area (Å²) >= 11 is 0. The van der Waals surface area contributed by atoms with E-state index in [1.54, 1.807) is 30.7 Å². The van der Waals surface area contributed by atoms with Gasteiger partial charge < -0.3 is 29.2 Å². The van der Waals surface area contributed by atoms with Gasteiger partial charge in [0.25, 0.3) is 11.5 Å². The number of nitrogens with zero attached hydrogens (tertiary/aromatic N) is 3. The molecule has 0 spiro atoms. The second-order valence-electron chi connectivity index (χ2n) is 12.6. The van der Waals surface area contributed by atoms with Gasteiger partial charge in [-0.3, -0.25) is 9.59 Å². The molecule has 1 fully saturated rings. The van der Waals surface area contributed by atoms with Gasteiger partial charge in [-0.1, -0.05) is 40.8 Å². The summed E-state index contributed by atoms with van der Waals surface area (Å²) in [5.74, 6) is -2.16. The maximum Gasteiger partial charge on any atom is 0.300 e. The van der Waals surface area contributed by atoms with Gasteiger partial charge in [0.15, 0.2) is 5.60 Å². The fourth-order valence-corrected chi connectivity index (χ4v) is 8.89. The van der Waals surface area contributed by atoms with Gasteiger partial charge in [0.05, 0.1) is 43.7 Å².